The number of rotatable bonds is 5. The van der Waals surface area contributed by atoms with Gasteiger partial charge in [-0.2, -0.15) is 0 Å². The van der Waals surface area contributed by atoms with E-state index in [1.54, 1.807) is 0 Å². The number of carboxylic acid groups (broad SMARTS) is 1. The van der Waals surface area contributed by atoms with E-state index >= 15 is 0 Å². The number of sulfonamides is 1. The highest BCUT2D eigenvalue weighted by Crippen LogP contribution is 2.28. The first-order valence-corrected chi connectivity index (χ1v) is 8.28. The summed E-state index contributed by atoms with van der Waals surface area (Å²) in [4.78, 5) is 10.6. The highest BCUT2D eigenvalue weighted by atomic mass is 32.2. The third kappa shape index (κ3) is 3.63. The standard InChI is InChI=1S/C13H19NO6S/c1-9-11(7-10(20-9)12(15)16)21(18,19)14-8-13(17)5-3-2-4-6-13/h7,14,17H,2-6,8H2,1H3,(H,15,16). The molecule has 1 saturated carbocycles. The number of furan rings is 1. The Labute approximate surface area is 123 Å². The van der Waals surface area contributed by atoms with Gasteiger partial charge in [0, 0.05) is 12.6 Å². The van der Waals surface area contributed by atoms with Crippen LogP contribution in [0.25, 0.3) is 0 Å². The van der Waals surface area contributed by atoms with E-state index in [1.807, 2.05) is 0 Å². The molecule has 0 unspecified atom stereocenters. The van der Waals surface area contributed by atoms with Crippen molar-refractivity contribution < 1.29 is 27.8 Å². The van der Waals surface area contributed by atoms with Crippen molar-refractivity contribution in [1.29, 1.82) is 0 Å². The second kappa shape index (κ2) is 5.78. The molecule has 0 saturated heterocycles. The molecule has 1 aliphatic carbocycles. The maximum Gasteiger partial charge on any atom is 0.371 e. The predicted molar refractivity (Wildman–Crippen MR) is 73.6 cm³/mol. The normalized spacial score (nSPS) is 18.6. The quantitative estimate of drug-likeness (QED) is 0.752. The van der Waals surface area contributed by atoms with Gasteiger partial charge in [0.25, 0.3) is 0 Å². The third-order valence-electron chi connectivity index (χ3n) is 3.75. The molecule has 8 heteroatoms. The molecule has 7 nitrogen and oxygen atoms in total. The number of hydrogen-bond acceptors (Lipinski definition) is 5. The minimum absolute atomic E-state index is 0.00975. The minimum Gasteiger partial charge on any atom is -0.475 e. The lowest BCUT2D eigenvalue weighted by Crippen LogP contribution is -2.44. The summed E-state index contributed by atoms with van der Waals surface area (Å²) in [7, 11) is -3.91. The molecule has 2 rings (SSSR count). The molecule has 0 spiro atoms. The number of aromatic carboxylic acids is 1. The van der Waals surface area contributed by atoms with Crippen LogP contribution in [0, 0.1) is 6.92 Å². The summed E-state index contributed by atoms with van der Waals surface area (Å²) < 4.78 is 31.6. The van der Waals surface area contributed by atoms with Gasteiger partial charge in [-0.1, -0.05) is 19.3 Å². The topological polar surface area (TPSA) is 117 Å². The molecule has 1 fully saturated rings. The molecule has 0 radical (unpaired) electrons. The summed E-state index contributed by atoms with van der Waals surface area (Å²) in [6.07, 6.45) is 3.89. The Hall–Kier alpha value is -1.38. The average molecular weight is 317 g/mol. The zero-order chi connectivity index (χ0) is 15.7. The molecule has 21 heavy (non-hydrogen) atoms. The van der Waals surface area contributed by atoms with Crippen LogP contribution < -0.4 is 4.72 Å². The van der Waals surface area contributed by atoms with Crippen LogP contribution in [0.2, 0.25) is 0 Å². The predicted octanol–water partition coefficient (Wildman–Crippen LogP) is 1.26. The van der Waals surface area contributed by atoms with Crippen molar-refractivity contribution in [2.24, 2.45) is 0 Å². The van der Waals surface area contributed by atoms with Crippen LogP contribution in [-0.2, 0) is 10.0 Å². The van der Waals surface area contributed by atoms with Gasteiger partial charge in [-0.15, -0.1) is 0 Å². The van der Waals surface area contributed by atoms with Crippen molar-refractivity contribution in [3.05, 3.63) is 17.6 Å². The smallest absolute Gasteiger partial charge is 0.371 e. The summed E-state index contributed by atoms with van der Waals surface area (Å²) in [6.45, 7) is 1.30. The summed E-state index contributed by atoms with van der Waals surface area (Å²) in [6, 6.07) is 0.977. The van der Waals surface area contributed by atoms with Crippen molar-refractivity contribution in [2.75, 3.05) is 6.54 Å². The molecule has 0 bridgehead atoms. The van der Waals surface area contributed by atoms with E-state index in [-0.39, 0.29) is 17.2 Å². The Balaban J connectivity index is 2.13. The second-order valence-corrected chi connectivity index (χ2v) is 7.18. The van der Waals surface area contributed by atoms with E-state index in [0.717, 1.165) is 25.3 Å². The first kappa shape index (κ1) is 16.0. The first-order valence-electron chi connectivity index (χ1n) is 6.79. The molecule has 118 valence electrons. The van der Waals surface area contributed by atoms with Crippen LogP contribution in [-0.4, -0.2) is 36.7 Å². The largest absolute Gasteiger partial charge is 0.475 e. The van der Waals surface area contributed by atoms with Crippen LogP contribution in [0.15, 0.2) is 15.4 Å². The van der Waals surface area contributed by atoms with Crippen molar-refractivity contribution >= 4 is 16.0 Å². The maximum atomic E-state index is 12.2. The Morgan fingerprint density at radius 1 is 1.38 bits per heavy atom. The zero-order valence-electron chi connectivity index (χ0n) is 11.8. The lowest BCUT2D eigenvalue weighted by Gasteiger charge is -2.31. The Morgan fingerprint density at radius 3 is 2.52 bits per heavy atom. The van der Waals surface area contributed by atoms with Crippen LogP contribution in [0.3, 0.4) is 0 Å². The van der Waals surface area contributed by atoms with Gasteiger partial charge in [0.2, 0.25) is 15.8 Å². The number of carboxylic acids is 1. The van der Waals surface area contributed by atoms with Crippen molar-refractivity contribution in [2.45, 2.75) is 49.5 Å². The number of aryl methyl sites for hydroxylation is 1. The van der Waals surface area contributed by atoms with Crippen LogP contribution in [0.5, 0.6) is 0 Å². The van der Waals surface area contributed by atoms with Gasteiger partial charge < -0.3 is 14.6 Å². The van der Waals surface area contributed by atoms with Gasteiger partial charge in [0.05, 0.1) is 5.60 Å². The van der Waals surface area contributed by atoms with Crippen molar-refractivity contribution in [3.63, 3.8) is 0 Å². The molecule has 0 atom stereocenters. The summed E-state index contributed by atoms with van der Waals surface area (Å²) in [5, 5.41) is 19.1. The van der Waals surface area contributed by atoms with E-state index in [4.69, 9.17) is 9.52 Å². The number of carbonyl (C=O) groups is 1. The maximum absolute atomic E-state index is 12.2. The van der Waals surface area contributed by atoms with Crippen molar-refractivity contribution in [1.82, 2.24) is 4.72 Å². The van der Waals surface area contributed by atoms with Gasteiger partial charge in [-0.3, -0.25) is 0 Å². The van der Waals surface area contributed by atoms with Crippen molar-refractivity contribution in [3.8, 4) is 0 Å². The Kier molecular flexibility index (Phi) is 4.40. The summed E-state index contributed by atoms with van der Waals surface area (Å²) in [5.41, 5.74) is -1.03. The molecule has 1 aromatic heterocycles. The average Bonchev–Trinajstić information content (AvgIpc) is 2.81. The lowest BCUT2D eigenvalue weighted by atomic mass is 9.85. The molecule has 1 heterocycles. The van der Waals surface area contributed by atoms with E-state index in [1.165, 1.54) is 6.92 Å². The van der Waals surface area contributed by atoms with E-state index in [0.29, 0.717) is 12.8 Å². The van der Waals surface area contributed by atoms with E-state index in [2.05, 4.69) is 4.72 Å². The van der Waals surface area contributed by atoms with Crippen LogP contribution in [0.1, 0.15) is 48.4 Å². The number of hydrogen-bond donors (Lipinski definition) is 3. The van der Waals surface area contributed by atoms with Crippen LogP contribution in [0.4, 0.5) is 0 Å². The first-order chi connectivity index (χ1) is 9.73. The number of nitrogens with one attached hydrogen (secondary N) is 1. The summed E-state index contributed by atoms with van der Waals surface area (Å²) >= 11 is 0. The monoisotopic (exact) mass is 317 g/mol. The molecular formula is C13H19NO6S. The van der Waals surface area contributed by atoms with Gasteiger partial charge in [0.15, 0.2) is 0 Å². The summed E-state index contributed by atoms with van der Waals surface area (Å²) in [5.74, 6) is -1.75. The third-order valence-corrected chi connectivity index (χ3v) is 5.26. The highest BCUT2D eigenvalue weighted by molar-refractivity contribution is 7.89. The molecule has 0 aliphatic heterocycles. The number of aliphatic hydroxyl groups is 1. The minimum atomic E-state index is -3.91. The molecule has 0 amide bonds. The van der Waals surface area contributed by atoms with Gasteiger partial charge >= 0.3 is 5.97 Å². The Bertz CT molecular complexity index is 627. The molecule has 1 aromatic rings. The Morgan fingerprint density at radius 2 is 2.00 bits per heavy atom. The zero-order valence-corrected chi connectivity index (χ0v) is 12.6. The van der Waals surface area contributed by atoms with E-state index < -0.39 is 27.4 Å². The van der Waals surface area contributed by atoms with Gasteiger partial charge in [0.1, 0.15) is 10.7 Å². The second-order valence-electron chi connectivity index (χ2n) is 5.45. The molecule has 1 aliphatic rings. The SMILES string of the molecule is Cc1oc(C(=O)O)cc1S(=O)(=O)NCC1(O)CCCCC1. The lowest BCUT2D eigenvalue weighted by molar-refractivity contribution is 0.00944. The highest BCUT2D eigenvalue weighted by Gasteiger charge is 2.32. The fourth-order valence-electron chi connectivity index (χ4n) is 2.53. The fraction of sp³-hybridized carbons (Fsp3) is 0.615. The van der Waals surface area contributed by atoms with E-state index in [9.17, 15) is 18.3 Å². The molecule has 3 N–H and O–H groups in total. The fourth-order valence-corrected chi connectivity index (χ4v) is 3.83. The molecule has 0 aromatic carbocycles. The molecular weight excluding hydrogens is 298 g/mol. The van der Waals surface area contributed by atoms with Crippen LogP contribution >= 0.6 is 0 Å². The van der Waals surface area contributed by atoms with Gasteiger partial charge in [-0.05, 0) is 19.8 Å². The van der Waals surface area contributed by atoms with Gasteiger partial charge in [-0.25, -0.2) is 17.9 Å².